The van der Waals surface area contributed by atoms with E-state index in [9.17, 15) is 0 Å². The average Bonchev–Trinajstić information content (AvgIpc) is 1.58. The van der Waals surface area contributed by atoms with Gasteiger partial charge in [0.2, 0.25) is 0 Å². The van der Waals surface area contributed by atoms with E-state index in [1.54, 1.807) is 0 Å². The second kappa shape index (κ2) is 1.99. The first-order valence-electron chi connectivity index (χ1n) is 4.34. The van der Waals surface area contributed by atoms with Crippen molar-refractivity contribution in [3.8, 4) is 0 Å². The molecule has 0 spiro atoms. The van der Waals surface area contributed by atoms with Crippen molar-refractivity contribution in [1.29, 1.82) is 0 Å². The third-order valence-electron chi connectivity index (χ3n) is 3.07. The molecule has 1 atom stereocenters. The van der Waals surface area contributed by atoms with Crippen molar-refractivity contribution in [1.82, 2.24) is 0 Å². The Morgan fingerprint density at radius 2 is 1.70 bits per heavy atom. The first kappa shape index (κ1) is 8.10. The van der Waals surface area contributed by atoms with Crippen molar-refractivity contribution < 1.29 is 0 Å². The molecule has 1 aliphatic carbocycles. The highest BCUT2D eigenvalue weighted by atomic mass is 14.5. The second-order valence-corrected chi connectivity index (χ2v) is 5.45. The van der Waals surface area contributed by atoms with E-state index in [2.05, 4.69) is 34.6 Å². The zero-order valence-corrected chi connectivity index (χ0v) is 7.99. The molecule has 0 aromatic heterocycles. The highest BCUT2D eigenvalue weighted by molar-refractivity contribution is 4.94. The first-order valence-corrected chi connectivity index (χ1v) is 4.34. The van der Waals surface area contributed by atoms with Crippen molar-refractivity contribution in [2.75, 3.05) is 0 Å². The smallest absolute Gasteiger partial charge is 0.0314 e. The largest absolute Gasteiger partial charge is 0.0599 e. The van der Waals surface area contributed by atoms with Gasteiger partial charge in [0, 0.05) is 0 Å². The third-order valence-corrected chi connectivity index (χ3v) is 3.07. The number of rotatable bonds is 0. The summed E-state index contributed by atoms with van der Waals surface area (Å²) in [4.78, 5) is 0. The maximum Gasteiger partial charge on any atom is -0.0314 e. The van der Waals surface area contributed by atoms with E-state index in [1.165, 1.54) is 12.8 Å². The van der Waals surface area contributed by atoms with Gasteiger partial charge in [-0.1, -0.05) is 34.6 Å². The summed E-state index contributed by atoms with van der Waals surface area (Å²) < 4.78 is 0. The summed E-state index contributed by atoms with van der Waals surface area (Å²) in [6, 6.07) is 0. The Morgan fingerprint density at radius 1 is 1.20 bits per heavy atom. The summed E-state index contributed by atoms with van der Waals surface area (Å²) in [6.45, 7) is 11.9. The summed E-state index contributed by atoms with van der Waals surface area (Å²) in [5, 5.41) is 0. The third kappa shape index (κ3) is 1.21. The standard InChI is InChI=1S/C10H20/c1-9(2,3)8-6-7-10(8,4)5/h8H,6-7H2,1-5H3. The molecule has 0 nitrogen and oxygen atoms in total. The SMILES string of the molecule is CC(C)(C)C1CCC1(C)C. The second-order valence-electron chi connectivity index (χ2n) is 5.45. The zero-order chi connectivity index (χ0) is 7.99. The number of hydrogen-bond donors (Lipinski definition) is 0. The molecular formula is C10H20. The predicted octanol–water partition coefficient (Wildman–Crippen LogP) is 3.47. The summed E-state index contributed by atoms with van der Waals surface area (Å²) in [5.74, 6) is 0.944. The molecule has 0 bridgehead atoms. The molecule has 0 heteroatoms. The average molecular weight is 140 g/mol. The molecular weight excluding hydrogens is 120 g/mol. The molecule has 1 fully saturated rings. The Labute approximate surface area is 65.0 Å². The lowest BCUT2D eigenvalue weighted by atomic mass is 9.54. The molecule has 0 aromatic carbocycles. The Kier molecular flexibility index (Phi) is 1.61. The van der Waals surface area contributed by atoms with Gasteiger partial charge in [-0.15, -0.1) is 0 Å². The normalized spacial score (nSPS) is 31.5. The van der Waals surface area contributed by atoms with Crippen LogP contribution >= 0.6 is 0 Å². The molecule has 0 aliphatic heterocycles. The van der Waals surface area contributed by atoms with Crippen LogP contribution in [0.5, 0.6) is 0 Å². The summed E-state index contributed by atoms with van der Waals surface area (Å²) >= 11 is 0. The fourth-order valence-electron chi connectivity index (χ4n) is 2.47. The van der Waals surface area contributed by atoms with Gasteiger partial charge >= 0.3 is 0 Å². The van der Waals surface area contributed by atoms with Gasteiger partial charge in [0.05, 0.1) is 0 Å². The monoisotopic (exact) mass is 140 g/mol. The Bertz CT molecular complexity index is 115. The lowest BCUT2D eigenvalue weighted by Crippen LogP contribution is -2.42. The Morgan fingerprint density at radius 3 is 1.70 bits per heavy atom. The van der Waals surface area contributed by atoms with Gasteiger partial charge in [-0.2, -0.15) is 0 Å². The molecule has 0 amide bonds. The van der Waals surface area contributed by atoms with Crippen LogP contribution in [0.1, 0.15) is 47.5 Å². The molecule has 0 radical (unpaired) electrons. The fraction of sp³-hybridized carbons (Fsp3) is 1.00. The summed E-state index contributed by atoms with van der Waals surface area (Å²) in [7, 11) is 0. The molecule has 1 rings (SSSR count). The maximum absolute atomic E-state index is 2.40. The van der Waals surface area contributed by atoms with Crippen LogP contribution in [0.25, 0.3) is 0 Å². The van der Waals surface area contributed by atoms with Crippen molar-refractivity contribution >= 4 is 0 Å². The first-order chi connectivity index (χ1) is 4.34. The van der Waals surface area contributed by atoms with Crippen LogP contribution in [-0.4, -0.2) is 0 Å². The van der Waals surface area contributed by atoms with E-state index in [0.29, 0.717) is 10.8 Å². The highest BCUT2D eigenvalue weighted by Gasteiger charge is 2.44. The van der Waals surface area contributed by atoms with Gasteiger partial charge in [-0.05, 0) is 29.6 Å². The lowest BCUT2D eigenvalue weighted by Gasteiger charge is -2.51. The van der Waals surface area contributed by atoms with E-state index in [4.69, 9.17) is 0 Å². The van der Waals surface area contributed by atoms with E-state index >= 15 is 0 Å². The predicted molar refractivity (Wildman–Crippen MR) is 46.0 cm³/mol. The Hall–Kier alpha value is 0. The molecule has 10 heavy (non-hydrogen) atoms. The van der Waals surface area contributed by atoms with Gasteiger partial charge in [0.1, 0.15) is 0 Å². The van der Waals surface area contributed by atoms with Gasteiger partial charge in [-0.25, -0.2) is 0 Å². The van der Waals surface area contributed by atoms with E-state index in [-0.39, 0.29) is 0 Å². The topological polar surface area (TPSA) is 0 Å². The minimum absolute atomic E-state index is 0.530. The van der Waals surface area contributed by atoms with E-state index in [1.807, 2.05) is 0 Å². The maximum atomic E-state index is 2.40. The van der Waals surface area contributed by atoms with Crippen molar-refractivity contribution in [2.45, 2.75) is 47.5 Å². The molecule has 0 aromatic rings. The highest BCUT2D eigenvalue weighted by Crippen LogP contribution is 2.54. The van der Waals surface area contributed by atoms with Crippen molar-refractivity contribution in [3.63, 3.8) is 0 Å². The summed E-state index contributed by atoms with van der Waals surface area (Å²) in [5.41, 5.74) is 1.15. The number of hydrogen-bond acceptors (Lipinski definition) is 0. The quantitative estimate of drug-likeness (QED) is 0.483. The van der Waals surface area contributed by atoms with Gasteiger partial charge < -0.3 is 0 Å². The van der Waals surface area contributed by atoms with E-state index < -0.39 is 0 Å². The van der Waals surface area contributed by atoms with Crippen molar-refractivity contribution in [3.05, 3.63) is 0 Å². The lowest BCUT2D eigenvalue weighted by molar-refractivity contribution is -0.0161. The molecule has 1 saturated carbocycles. The molecule has 0 saturated heterocycles. The van der Waals surface area contributed by atoms with Crippen LogP contribution in [0, 0.1) is 16.7 Å². The minimum atomic E-state index is 0.530. The van der Waals surface area contributed by atoms with Gasteiger partial charge in [0.15, 0.2) is 0 Å². The van der Waals surface area contributed by atoms with Crippen LogP contribution < -0.4 is 0 Å². The van der Waals surface area contributed by atoms with Crippen LogP contribution in [0.3, 0.4) is 0 Å². The Balaban J connectivity index is 2.60. The van der Waals surface area contributed by atoms with E-state index in [0.717, 1.165) is 5.92 Å². The van der Waals surface area contributed by atoms with Crippen LogP contribution in [-0.2, 0) is 0 Å². The van der Waals surface area contributed by atoms with Gasteiger partial charge in [0.25, 0.3) is 0 Å². The van der Waals surface area contributed by atoms with Crippen LogP contribution in [0.2, 0.25) is 0 Å². The van der Waals surface area contributed by atoms with Crippen molar-refractivity contribution in [2.24, 2.45) is 16.7 Å². The molecule has 1 unspecified atom stereocenters. The minimum Gasteiger partial charge on any atom is -0.0599 e. The molecule has 0 heterocycles. The van der Waals surface area contributed by atoms with Gasteiger partial charge in [-0.3, -0.25) is 0 Å². The molecule has 0 N–H and O–H groups in total. The fourth-order valence-corrected chi connectivity index (χ4v) is 2.47. The molecule has 60 valence electrons. The van der Waals surface area contributed by atoms with Crippen LogP contribution in [0.4, 0.5) is 0 Å². The summed E-state index contributed by atoms with van der Waals surface area (Å²) in [6.07, 6.45) is 2.87. The van der Waals surface area contributed by atoms with Crippen LogP contribution in [0.15, 0.2) is 0 Å². The zero-order valence-electron chi connectivity index (χ0n) is 7.99. The molecule has 1 aliphatic rings.